The van der Waals surface area contributed by atoms with E-state index in [0.717, 1.165) is 18.7 Å². The molecule has 13 heteroatoms. The van der Waals surface area contributed by atoms with Gasteiger partial charge in [0.2, 0.25) is 5.88 Å². The van der Waals surface area contributed by atoms with Gasteiger partial charge in [0.05, 0.1) is 32.0 Å². The van der Waals surface area contributed by atoms with Crippen LogP contribution in [0.1, 0.15) is 28.3 Å². The summed E-state index contributed by atoms with van der Waals surface area (Å²) in [5.74, 6) is -1.24. The van der Waals surface area contributed by atoms with Crippen molar-refractivity contribution in [3.05, 3.63) is 105 Å². The maximum atomic E-state index is 15.4. The molecule has 0 spiro atoms. The van der Waals surface area contributed by atoms with E-state index in [1.807, 2.05) is 0 Å². The Morgan fingerprint density at radius 3 is 2.67 bits per heavy atom. The van der Waals surface area contributed by atoms with Gasteiger partial charge in [-0.2, -0.15) is 0 Å². The monoisotopic (exact) mass is 607 g/mol. The molecule has 1 saturated heterocycles. The van der Waals surface area contributed by atoms with Crippen LogP contribution < -0.4 is 10.3 Å². The third-order valence-corrected chi connectivity index (χ3v) is 7.26. The van der Waals surface area contributed by atoms with Crippen molar-refractivity contribution in [3.8, 4) is 17.1 Å². The number of carbonyl (C=O) groups is 1. The Labute approximate surface area is 248 Å². The molecule has 0 radical (unpaired) electrons. The van der Waals surface area contributed by atoms with Gasteiger partial charge in [-0.25, -0.2) is 28.5 Å². The van der Waals surface area contributed by atoms with Crippen molar-refractivity contribution >= 4 is 28.7 Å². The predicted octanol–water partition coefficient (Wildman–Crippen LogP) is 4.79. The lowest BCUT2D eigenvalue weighted by Crippen LogP contribution is -2.32. The van der Waals surface area contributed by atoms with Crippen LogP contribution in [0, 0.1) is 11.6 Å². The maximum absolute atomic E-state index is 15.4. The van der Waals surface area contributed by atoms with Crippen molar-refractivity contribution < 1.29 is 27.8 Å². The number of hydrogen-bond donors (Lipinski definition) is 0. The second kappa shape index (κ2) is 11.9. The average Bonchev–Trinajstić information content (AvgIpc) is 3.31. The Morgan fingerprint density at radius 1 is 1.09 bits per heavy atom. The highest BCUT2D eigenvalue weighted by Gasteiger charge is 2.24. The van der Waals surface area contributed by atoms with E-state index in [1.54, 1.807) is 34.9 Å². The minimum atomic E-state index is -0.691. The van der Waals surface area contributed by atoms with Gasteiger partial charge in [-0.3, -0.25) is 4.79 Å². The first kappa shape index (κ1) is 28.4. The highest BCUT2D eigenvalue weighted by molar-refractivity contribution is 6.30. The van der Waals surface area contributed by atoms with E-state index in [4.69, 9.17) is 25.8 Å². The number of rotatable bonds is 9. The highest BCUT2D eigenvalue weighted by atomic mass is 35.5. The Morgan fingerprint density at radius 2 is 1.93 bits per heavy atom. The van der Waals surface area contributed by atoms with E-state index in [2.05, 4.69) is 15.0 Å². The summed E-state index contributed by atoms with van der Waals surface area (Å²) in [6.45, 7) is 0.857. The summed E-state index contributed by atoms with van der Waals surface area (Å²) in [6, 6.07) is 13.2. The average molecular weight is 608 g/mol. The van der Waals surface area contributed by atoms with Gasteiger partial charge < -0.3 is 23.3 Å². The molecule has 4 aromatic heterocycles. The minimum absolute atomic E-state index is 0.0230. The van der Waals surface area contributed by atoms with E-state index in [9.17, 15) is 14.0 Å². The molecule has 1 fully saturated rings. The Balaban J connectivity index is 1.27. The molecule has 1 aliphatic heterocycles. The number of benzene rings is 1. The molecule has 1 aliphatic rings. The lowest BCUT2D eigenvalue weighted by molar-refractivity contribution is -0.0591. The first-order valence-corrected chi connectivity index (χ1v) is 13.7. The van der Waals surface area contributed by atoms with Gasteiger partial charge in [0.15, 0.2) is 11.3 Å². The van der Waals surface area contributed by atoms with Gasteiger partial charge in [-0.15, -0.1) is 0 Å². The van der Waals surface area contributed by atoms with Gasteiger partial charge in [0.25, 0.3) is 5.56 Å². The summed E-state index contributed by atoms with van der Waals surface area (Å²) in [5.41, 5.74) is 0.979. The largest absolute Gasteiger partial charge is 0.473 e. The summed E-state index contributed by atoms with van der Waals surface area (Å²) in [4.78, 5) is 38.6. The molecule has 43 heavy (non-hydrogen) atoms. The summed E-state index contributed by atoms with van der Waals surface area (Å²) >= 11 is 5.80. The smallest absolute Gasteiger partial charge is 0.356 e. The molecule has 220 valence electrons. The zero-order valence-corrected chi connectivity index (χ0v) is 23.6. The molecule has 1 atom stereocenters. The highest BCUT2D eigenvalue weighted by Crippen LogP contribution is 2.24. The van der Waals surface area contributed by atoms with E-state index < -0.39 is 23.2 Å². The van der Waals surface area contributed by atoms with Gasteiger partial charge in [-0.1, -0.05) is 23.7 Å². The van der Waals surface area contributed by atoms with Gasteiger partial charge in [0, 0.05) is 41.1 Å². The number of carbonyl (C=O) groups excluding carboxylic acids is 1. The zero-order chi connectivity index (χ0) is 30.1. The lowest BCUT2D eigenvalue weighted by atomic mass is 10.1. The van der Waals surface area contributed by atoms with Crippen LogP contribution in [0.15, 0.2) is 65.6 Å². The number of pyridine rings is 3. The number of hydrogen-bond acceptors (Lipinski definition) is 8. The quantitative estimate of drug-likeness (QED) is 0.220. The predicted molar refractivity (Wildman–Crippen MR) is 152 cm³/mol. The van der Waals surface area contributed by atoms with Crippen LogP contribution in [0.3, 0.4) is 0 Å². The molecular formula is C30H24ClF2N5O5. The summed E-state index contributed by atoms with van der Waals surface area (Å²) in [5, 5.41) is 0.264. The topological polar surface area (TPSA) is 110 Å². The lowest BCUT2D eigenvalue weighted by Gasteiger charge is -2.27. The molecule has 5 aromatic rings. The van der Waals surface area contributed by atoms with Crippen LogP contribution in [0.4, 0.5) is 8.78 Å². The number of methoxy groups -OCH3 is 1. The van der Waals surface area contributed by atoms with Crippen molar-refractivity contribution in [1.29, 1.82) is 0 Å². The fourth-order valence-electron chi connectivity index (χ4n) is 4.66. The van der Waals surface area contributed by atoms with Crippen molar-refractivity contribution in [2.45, 2.75) is 32.2 Å². The molecule has 0 unspecified atom stereocenters. The van der Waals surface area contributed by atoms with Gasteiger partial charge in [0.1, 0.15) is 29.6 Å². The number of esters is 1. The molecule has 0 N–H and O–H groups in total. The van der Waals surface area contributed by atoms with E-state index in [1.165, 1.54) is 29.9 Å². The van der Waals surface area contributed by atoms with Gasteiger partial charge in [-0.05, 0) is 36.8 Å². The van der Waals surface area contributed by atoms with Crippen molar-refractivity contribution in [1.82, 2.24) is 24.1 Å². The first-order valence-electron chi connectivity index (χ1n) is 13.3. The summed E-state index contributed by atoms with van der Waals surface area (Å²) < 4.78 is 48.5. The van der Waals surface area contributed by atoms with Crippen molar-refractivity contribution in [2.75, 3.05) is 13.7 Å². The number of halogens is 3. The minimum Gasteiger partial charge on any atom is -0.473 e. The number of nitrogens with zero attached hydrogens (tertiary/aromatic N) is 5. The molecule has 10 nitrogen and oxygen atoms in total. The van der Waals surface area contributed by atoms with Crippen molar-refractivity contribution in [3.63, 3.8) is 0 Å². The normalized spacial score (nSPS) is 14.5. The standard InChI is InChI=1S/C30H24ClF2N5O5/c1-41-30(40)25-8-7-24-29(36-25)38(13-19-9-10-42-19)26(34-24)15-37-14-22(33)20(12-28(37)39)23-3-2-4-27(35-23)43-16-17-5-6-18(31)11-21(17)32/h2-8,11-12,14,19H,9-10,13,15-16H2,1H3/t19-/m0/s1. The fraction of sp³-hybridized carbons (Fsp3) is 0.233. The zero-order valence-electron chi connectivity index (χ0n) is 22.8. The van der Waals surface area contributed by atoms with Crippen LogP contribution in [-0.2, 0) is 29.2 Å². The molecular weight excluding hydrogens is 584 g/mol. The Bertz CT molecular complexity index is 1910. The Hall–Kier alpha value is -4.68. The third kappa shape index (κ3) is 5.97. The number of fused-ring (bicyclic) bond motifs is 1. The van der Waals surface area contributed by atoms with E-state index in [-0.39, 0.29) is 52.7 Å². The molecule has 0 bridgehead atoms. The molecule has 0 aliphatic carbocycles. The van der Waals surface area contributed by atoms with Crippen LogP contribution >= 0.6 is 11.6 Å². The van der Waals surface area contributed by atoms with E-state index in [0.29, 0.717) is 30.1 Å². The molecule has 0 amide bonds. The third-order valence-electron chi connectivity index (χ3n) is 7.02. The number of aromatic nitrogens is 5. The maximum Gasteiger partial charge on any atom is 0.356 e. The van der Waals surface area contributed by atoms with Crippen LogP contribution in [0.2, 0.25) is 5.02 Å². The summed E-state index contributed by atoms with van der Waals surface area (Å²) in [7, 11) is 1.27. The second-order valence-corrected chi connectivity index (χ2v) is 10.3. The molecule has 6 rings (SSSR count). The van der Waals surface area contributed by atoms with E-state index >= 15 is 4.39 Å². The molecule has 5 heterocycles. The number of ether oxygens (including phenoxy) is 3. The van der Waals surface area contributed by atoms with Crippen molar-refractivity contribution in [2.24, 2.45) is 0 Å². The molecule has 1 aromatic carbocycles. The first-order chi connectivity index (χ1) is 20.8. The second-order valence-electron chi connectivity index (χ2n) is 9.84. The van der Waals surface area contributed by atoms with Crippen LogP contribution in [0.5, 0.6) is 5.88 Å². The number of imidazole rings is 1. The Kier molecular flexibility index (Phi) is 7.87. The fourth-order valence-corrected chi connectivity index (χ4v) is 4.82. The summed E-state index contributed by atoms with van der Waals surface area (Å²) in [6.07, 6.45) is 1.85. The van der Waals surface area contributed by atoms with Crippen LogP contribution in [0.25, 0.3) is 22.4 Å². The SMILES string of the molecule is COC(=O)c1ccc2nc(Cn3cc(F)c(-c4cccc(OCc5ccc(Cl)cc5F)n4)cc3=O)n(C[C@@H]3CCO3)c2n1. The van der Waals surface area contributed by atoms with Crippen LogP contribution in [-0.4, -0.2) is 49.9 Å². The van der Waals surface area contributed by atoms with Gasteiger partial charge >= 0.3 is 5.97 Å². The molecule has 0 saturated carbocycles.